The smallest absolute Gasteiger partial charge is 0.128 e. The number of aryl methyl sites for hydroxylation is 1. The molecule has 1 unspecified atom stereocenters. The van der Waals surface area contributed by atoms with Crippen LogP contribution in [0, 0.1) is 13.8 Å². The first-order valence-electron chi connectivity index (χ1n) is 6.88. The lowest BCUT2D eigenvalue weighted by Gasteiger charge is -2.18. The van der Waals surface area contributed by atoms with Crippen molar-refractivity contribution in [2.75, 3.05) is 12.4 Å². The Kier molecular flexibility index (Phi) is 5.82. The molecule has 21 heavy (non-hydrogen) atoms. The normalized spacial score (nSPS) is 12.2. The molecule has 2 aromatic rings. The summed E-state index contributed by atoms with van der Waals surface area (Å²) >= 11 is 7.28. The fourth-order valence-corrected chi connectivity index (χ4v) is 3.75. The number of aromatic nitrogens is 1. The van der Waals surface area contributed by atoms with Crippen LogP contribution in [0.15, 0.2) is 34.9 Å². The predicted molar refractivity (Wildman–Crippen MR) is 94.6 cm³/mol. The van der Waals surface area contributed by atoms with Gasteiger partial charge < -0.3 is 4.74 Å². The Balaban J connectivity index is 2.34. The van der Waals surface area contributed by atoms with E-state index in [9.17, 15) is 0 Å². The number of methoxy groups -OCH3 is 1. The molecule has 112 valence electrons. The third kappa shape index (κ3) is 3.67. The highest BCUT2D eigenvalue weighted by molar-refractivity contribution is 9.10. The zero-order valence-corrected chi connectivity index (χ0v) is 15.7. The number of benzene rings is 1. The van der Waals surface area contributed by atoms with Crippen LogP contribution in [0.3, 0.4) is 0 Å². The van der Waals surface area contributed by atoms with Crippen molar-refractivity contribution in [2.24, 2.45) is 0 Å². The quantitative estimate of drug-likeness (QED) is 0.630. The summed E-state index contributed by atoms with van der Waals surface area (Å²) in [4.78, 5) is 4.61. The molecular weight excluding hydrogens is 394 g/mol. The van der Waals surface area contributed by atoms with E-state index in [1.807, 2.05) is 19.2 Å². The van der Waals surface area contributed by atoms with E-state index in [-0.39, 0.29) is 0 Å². The van der Waals surface area contributed by atoms with E-state index in [1.54, 1.807) is 7.11 Å². The number of halogens is 2. The molecule has 1 aromatic heterocycles. The van der Waals surface area contributed by atoms with E-state index in [1.165, 1.54) is 5.56 Å². The van der Waals surface area contributed by atoms with Crippen LogP contribution >= 0.6 is 31.9 Å². The molecule has 0 aliphatic carbocycles. The number of alkyl halides is 1. The van der Waals surface area contributed by atoms with Crippen LogP contribution < -0.4 is 4.74 Å². The Bertz CT molecular complexity index is 628. The van der Waals surface area contributed by atoms with Gasteiger partial charge in [0.15, 0.2) is 0 Å². The number of rotatable bonds is 5. The van der Waals surface area contributed by atoms with Crippen molar-refractivity contribution in [3.63, 3.8) is 0 Å². The molecular formula is C17H19Br2NO. The molecule has 0 bridgehead atoms. The average Bonchev–Trinajstić information content (AvgIpc) is 2.48. The number of hydrogen-bond acceptors (Lipinski definition) is 2. The fourth-order valence-electron chi connectivity index (χ4n) is 2.56. The number of nitrogens with zero attached hydrogens (tertiary/aromatic N) is 1. The lowest BCUT2D eigenvalue weighted by molar-refractivity contribution is 0.406. The van der Waals surface area contributed by atoms with E-state index in [0.717, 1.165) is 38.8 Å². The summed E-state index contributed by atoms with van der Waals surface area (Å²) in [6.07, 6.45) is 2.78. The lowest BCUT2D eigenvalue weighted by Crippen LogP contribution is -2.09. The van der Waals surface area contributed by atoms with Gasteiger partial charge in [-0.3, -0.25) is 4.98 Å². The Morgan fingerprint density at radius 3 is 2.57 bits per heavy atom. The van der Waals surface area contributed by atoms with Crippen LogP contribution in [-0.2, 0) is 6.42 Å². The highest BCUT2D eigenvalue weighted by Crippen LogP contribution is 2.32. The summed E-state index contributed by atoms with van der Waals surface area (Å²) in [6, 6.07) is 8.36. The van der Waals surface area contributed by atoms with Crippen LogP contribution in [0.1, 0.15) is 28.3 Å². The number of hydrogen-bond donors (Lipinski definition) is 0. The Morgan fingerprint density at radius 1 is 1.24 bits per heavy atom. The van der Waals surface area contributed by atoms with Crippen LogP contribution in [0.25, 0.3) is 0 Å². The summed E-state index contributed by atoms with van der Waals surface area (Å²) in [5.74, 6) is 1.32. The van der Waals surface area contributed by atoms with Crippen molar-refractivity contribution >= 4 is 31.9 Å². The Hall–Kier alpha value is -0.870. The zero-order chi connectivity index (χ0) is 15.4. The molecule has 1 aromatic carbocycles. The van der Waals surface area contributed by atoms with Crippen LogP contribution in [0.4, 0.5) is 0 Å². The first-order valence-corrected chi connectivity index (χ1v) is 8.79. The predicted octanol–water partition coefficient (Wildman–Crippen LogP) is 5.19. The van der Waals surface area contributed by atoms with Crippen molar-refractivity contribution in [3.8, 4) is 5.75 Å². The number of ether oxygens (including phenoxy) is 1. The summed E-state index contributed by atoms with van der Waals surface area (Å²) in [6.45, 7) is 4.11. The lowest BCUT2D eigenvalue weighted by atomic mass is 9.94. The van der Waals surface area contributed by atoms with Gasteiger partial charge in [0.1, 0.15) is 5.75 Å². The second kappa shape index (κ2) is 7.41. The topological polar surface area (TPSA) is 22.1 Å². The van der Waals surface area contributed by atoms with E-state index in [4.69, 9.17) is 4.74 Å². The van der Waals surface area contributed by atoms with Gasteiger partial charge in [0, 0.05) is 38.7 Å². The van der Waals surface area contributed by atoms with Gasteiger partial charge >= 0.3 is 0 Å². The van der Waals surface area contributed by atoms with E-state index < -0.39 is 0 Å². The SMILES string of the molecule is COc1c(C)cnc(CC(CBr)c2ccccc2Br)c1C. The molecule has 0 aliphatic heterocycles. The van der Waals surface area contributed by atoms with Crippen LogP contribution in [0.5, 0.6) is 5.75 Å². The molecule has 1 atom stereocenters. The minimum absolute atomic E-state index is 0.374. The minimum atomic E-state index is 0.374. The van der Waals surface area contributed by atoms with Crippen molar-refractivity contribution < 1.29 is 4.74 Å². The molecule has 0 radical (unpaired) electrons. The van der Waals surface area contributed by atoms with E-state index in [0.29, 0.717) is 5.92 Å². The molecule has 2 nitrogen and oxygen atoms in total. The molecule has 0 amide bonds. The molecule has 0 N–H and O–H groups in total. The van der Waals surface area contributed by atoms with E-state index >= 15 is 0 Å². The maximum absolute atomic E-state index is 5.50. The number of pyridine rings is 1. The van der Waals surface area contributed by atoms with Crippen LogP contribution in [0.2, 0.25) is 0 Å². The molecule has 0 aliphatic rings. The van der Waals surface area contributed by atoms with Gasteiger partial charge in [0.2, 0.25) is 0 Å². The molecule has 0 fully saturated rings. The molecule has 0 spiro atoms. The van der Waals surface area contributed by atoms with Gasteiger partial charge in [-0.2, -0.15) is 0 Å². The van der Waals surface area contributed by atoms with Crippen molar-refractivity contribution in [1.29, 1.82) is 0 Å². The van der Waals surface area contributed by atoms with Gasteiger partial charge in [-0.25, -0.2) is 0 Å². The van der Waals surface area contributed by atoms with Crippen molar-refractivity contribution in [3.05, 3.63) is 57.3 Å². The molecule has 0 saturated carbocycles. The highest BCUT2D eigenvalue weighted by Gasteiger charge is 2.17. The van der Waals surface area contributed by atoms with Gasteiger partial charge in [-0.05, 0) is 31.9 Å². The Morgan fingerprint density at radius 2 is 1.95 bits per heavy atom. The second-order valence-corrected chi connectivity index (χ2v) is 6.62. The third-order valence-corrected chi connectivity index (χ3v) is 5.22. The van der Waals surface area contributed by atoms with Crippen molar-refractivity contribution in [1.82, 2.24) is 4.98 Å². The Labute approximate surface area is 143 Å². The first kappa shape index (κ1) is 16.5. The molecule has 4 heteroatoms. The summed E-state index contributed by atoms with van der Waals surface area (Å²) in [5.41, 5.74) is 4.61. The second-order valence-electron chi connectivity index (χ2n) is 5.12. The summed E-state index contributed by atoms with van der Waals surface area (Å²) in [7, 11) is 1.72. The van der Waals surface area contributed by atoms with Gasteiger partial charge in [-0.15, -0.1) is 0 Å². The minimum Gasteiger partial charge on any atom is -0.496 e. The van der Waals surface area contributed by atoms with E-state index in [2.05, 4.69) is 62.0 Å². The van der Waals surface area contributed by atoms with Crippen LogP contribution in [-0.4, -0.2) is 17.4 Å². The maximum Gasteiger partial charge on any atom is 0.128 e. The molecule has 1 heterocycles. The third-order valence-electron chi connectivity index (χ3n) is 3.72. The standard InChI is InChI=1S/C17H19Br2NO/c1-11-10-20-16(12(2)17(11)21-3)8-13(9-18)14-6-4-5-7-15(14)19/h4-7,10,13H,8-9H2,1-3H3. The highest BCUT2D eigenvalue weighted by atomic mass is 79.9. The van der Waals surface area contributed by atoms with Gasteiger partial charge in [0.05, 0.1) is 7.11 Å². The summed E-state index contributed by atoms with van der Waals surface area (Å²) in [5, 5.41) is 0.896. The largest absolute Gasteiger partial charge is 0.496 e. The molecule has 0 saturated heterocycles. The van der Waals surface area contributed by atoms with Gasteiger partial charge in [0.25, 0.3) is 0 Å². The zero-order valence-electron chi connectivity index (χ0n) is 12.5. The van der Waals surface area contributed by atoms with Crippen molar-refractivity contribution in [2.45, 2.75) is 26.2 Å². The first-order chi connectivity index (χ1) is 10.1. The molecule has 2 rings (SSSR count). The maximum atomic E-state index is 5.50. The average molecular weight is 413 g/mol. The fraction of sp³-hybridized carbons (Fsp3) is 0.353. The van der Waals surface area contributed by atoms with Gasteiger partial charge in [-0.1, -0.05) is 50.1 Å². The summed E-state index contributed by atoms with van der Waals surface area (Å²) < 4.78 is 6.64. The monoisotopic (exact) mass is 411 g/mol.